The lowest BCUT2D eigenvalue weighted by Gasteiger charge is -2.20. The number of primary amides is 1. The van der Waals surface area contributed by atoms with Gasteiger partial charge in [-0.2, -0.15) is 10.2 Å². The Morgan fingerprint density at radius 1 is 1.33 bits per heavy atom. The van der Waals surface area contributed by atoms with Crippen LogP contribution in [0.25, 0.3) is 16.8 Å². The summed E-state index contributed by atoms with van der Waals surface area (Å²) in [4.78, 5) is 19.9. The molecule has 1 aliphatic rings. The average molecular weight is 412 g/mol. The van der Waals surface area contributed by atoms with Crippen molar-refractivity contribution in [3.63, 3.8) is 0 Å². The van der Waals surface area contributed by atoms with Gasteiger partial charge in [0.15, 0.2) is 0 Å². The largest absolute Gasteiger partial charge is 0.377 e. The molecular formula is C21H25FN6O2. The van der Waals surface area contributed by atoms with E-state index in [9.17, 15) is 9.18 Å². The molecule has 0 spiro atoms. The van der Waals surface area contributed by atoms with Crippen molar-refractivity contribution in [3.8, 4) is 24.1 Å². The highest BCUT2D eigenvalue weighted by Gasteiger charge is 2.34. The normalized spacial score (nSPS) is 20.0. The lowest BCUT2D eigenvalue weighted by atomic mass is 10.1. The van der Waals surface area contributed by atoms with E-state index in [0.717, 1.165) is 17.7 Å². The number of anilines is 1. The number of halogens is 1. The number of nitrogens with zero attached hydrogens (tertiary/aromatic N) is 4. The third-order valence-corrected chi connectivity index (χ3v) is 5.21. The molecule has 30 heavy (non-hydrogen) atoms. The van der Waals surface area contributed by atoms with Gasteiger partial charge in [0.05, 0.1) is 34.7 Å². The number of hydrogen-bond acceptors (Lipinski definition) is 5. The summed E-state index contributed by atoms with van der Waals surface area (Å²) in [5.74, 6) is -0.591. The molecular weight excluding hydrogens is 387 g/mol. The predicted molar refractivity (Wildman–Crippen MR) is 114 cm³/mol. The van der Waals surface area contributed by atoms with Crippen molar-refractivity contribution >= 4 is 23.9 Å². The predicted octanol–water partition coefficient (Wildman–Crippen LogP) is 2.45. The van der Waals surface area contributed by atoms with Gasteiger partial charge in [0, 0.05) is 25.0 Å². The van der Waals surface area contributed by atoms with E-state index in [2.05, 4.69) is 28.4 Å². The Bertz CT molecular complexity index is 1040. The number of fused-ring (bicyclic) bond motifs is 1. The number of alkyl halides is 1. The molecule has 4 rings (SSSR count). The van der Waals surface area contributed by atoms with Gasteiger partial charge in [-0.05, 0) is 30.9 Å². The second kappa shape index (κ2) is 9.69. The molecule has 0 unspecified atom stereocenters. The van der Waals surface area contributed by atoms with E-state index >= 15 is 0 Å². The number of nitrogens with one attached hydrogen (secondary N) is 1. The van der Waals surface area contributed by atoms with E-state index < -0.39 is 12.1 Å². The molecule has 3 aromatic rings. The maximum atomic E-state index is 14.5. The molecule has 1 fully saturated rings. The number of amides is 1. The first kappa shape index (κ1) is 22.6. The molecule has 0 aliphatic heterocycles. The topological polar surface area (TPSA) is 107 Å². The van der Waals surface area contributed by atoms with Crippen molar-refractivity contribution in [2.45, 2.75) is 32.0 Å². The Balaban J connectivity index is 0.000000757. The van der Waals surface area contributed by atoms with E-state index in [0.29, 0.717) is 17.6 Å². The zero-order chi connectivity index (χ0) is 22.4. The number of terminal acetylenes is 1. The summed E-state index contributed by atoms with van der Waals surface area (Å²) in [6.07, 6.45) is 13.6. The molecule has 3 atom stereocenters. The fraction of sp³-hybridized carbons (Fsp3) is 0.333. The van der Waals surface area contributed by atoms with Crippen molar-refractivity contribution in [1.82, 2.24) is 19.4 Å². The molecule has 3 N–H and O–H groups in total. The maximum absolute atomic E-state index is 14.5. The monoisotopic (exact) mass is 412 g/mol. The Kier molecular flexibility index (Phi) is 7.31. The third-order valence-electron chi connectivity index (χ3n) is 5.21. The summed E-state index contributed by atoms with van der Waals surface area (Å²) < 4.78 is 17.9. The molecule has 0 bridgehead atoms. The van der Waals surface area contributed by atoms with Crippen LogP contribution in [0, 0.1) is 18.8 Å². The van der Waals surface area contributed by atoms with Crippen LogP contribution in [-0.4, -0.2) is 44.3 Å². The Morgan fingerprint density at radius 3 is 2.57 bits per heavy atom. The number of aromatic nitrogens is 4. The van der Waals surface area contributed by atoms with Crippen LogP contribution in [0.5, 0.6) is 0 Å². The highest BCUT2D eigenvalue weighted by molar-refractivity contribution is 6.02. The highest BCUT2D eigenvalue weighted by Crippen LogP contribution is 2.34. The van der Waals surface area contributed by atoms with Crippen molar-refractivity contribution < 1.29 is 14.0 Å². The Morgan fingerprint density at radius 2 is 2.03 bits per heavy atom. The molecule has 0 aromatic carbocycles. The fourth-order valence-corrected chi connectivity index (χ4v) is 3.69. The third kappa shape index (κ3) is 4.17. The van der Waals surface area contributed by atoms with Crippen molar-refractivity contribution in [1.29, 1.82) is 0 Å². The number of hydrogen-bond donors (Lipinski definition) is 2. The van der Waals surface area contributed by atoms with E-state index in [-0.39, 0.29) is 17.5 Å². The molecule has 0 radical (unpaired) electrons. The highest BCUT2D eigenvalue weighted by atomic mass is 19.1. The molecule has 1 saturated carbocycles. The first-order valence-corrected chi connectivity index (χ1v) is 9.28. The summed E-state index contributed by atoms with van der Waals surface area (Å²) in [6, 6.07) is 3.46. The van der Waals surface area contributed by atoms with Crippen LogP contribution in [0.3, 0.4) is 0 Å². The first-order valence-electron chi connectivity index (χ1n) is 9.28. The minimum absolute atomic E-state index is 0.000764. The summed E-state index contributed by atoms with van der Waals surface area (Å²) in [5, 5.41) is 11.7. The lowest BCUT2D eigenvalue weighted by molar-refractivity contribution is -0.0980. The minimum Gasteiger partial charge on any atom is -0.377 e. The molecule has 1 aliphatic carbocycles. The Labute approximate surface area is 174 Å². The molecule has 8 nitrogen and oxygen atoms in total. The van der Waals surface area contributed by atoms with Gasteiger partial charge in [0.2, 0.25) is 0 Å². The van der Waals surface area contributed by atoms with Gasteiger partial charge >= 0.3 is 0 Å². The van der Waals surface area contributed by atoms with Gasteiger partial charge in [0.1, 0.15) is 13.0 Å². The van der Waals surface area contributed by atoms with Gasteiger partial charge in [-0.3, -0.25) is 9.48 Å². The van der Waals surface area contributed by atoms with E-state index in [4.69, 9.17) is 10.5 Å². The van der Waals surface area contributed by atoms with Crippen LogP contribution in [0.2, 0.25) is 0 Å². The second-order valence-corrected chi connectivity index (χ2v) is 6.95. The molecule has 3 heterocycles. The van der Waals surface area contributed by atoms with Crippen molar-refractivity contribution in [3.05, 3.63) is 36.3 Å². The quantitative estimate of drug-likeness (QED) is 0.640. The molecule has 158 valence electrons. The zero-order valence-electron chi connectivity index (χ0n) is 17.0. The smallest absolute Gasteiger partial charge is 0.252 e. The van der Waals surface area contributed by atoms with Crippen LogP contribution in [0.4, 0.5) is 10.1 Å². The number of carbonyl (C=O) groups is 2. The summed E-state index contributed by atoms with van der Waals surface area (Å²) in [5.41, 5.74) is 8.83. The van der Waals surface area contributed by atoms with Gasteiger partial charge in [-0.15, -0.1) is 12.8 Å². The summed E-state index contributed by atoms with van der Waals surface area (Å²) in [7, 11) is 1.85. The number of nitrogens with two attached hydrogens (primary N) is 1. The standard InChI is InChI=1S/C18H21FN6O.C2H2.CH2O/c1-10-3-4-13(16(10)19)23-17-12(18(20)26)8-22-25-9-11(7-15(17)25)14-5-6-21-24(14)2;2*1-2/h5-10,13,16,23H,3-4H2,1-2H3,(H2,20,26);1-2H;1H2/t10-,13+,16-;;/m0../s1. The van der Waals surface area contributed by atoms with E-state index in [1.165, 1.54) is 6.20 Å². The van der Waals surface area contributed by atoms with Crippen LogP contribution in [-0.2, 0) is 11.8 Å². The SMILES string of the molecule is C#C.C=O.C[C@H]1CC[C@@H](Nc2c(C(N)=O)cnn3cc(-c4ccnn4C)cc23)[C@H]1F. The zero-order valence-corrected chi connectivity index (χ0v) is 17.0. The van der Waals surface area contributed by atoms with E-state index in [1.54, 1.807) is 15.4 Å². The van der Waals surface area contributed by atoms with Crippen molar-refractivity contribution in [2.75, 3.05) is 5.32 Å². The fourth-order valence-electron chi connectivity index (χ4n) is 3.69. The number of aryl methyl sites for hydroxylation is 1. The van der Waals surface area contributed by atoms with Crippen LogP contribution in [0.15, 0.2) is 30.7 Å². The van der Waals surface area contributed by atoms with Gasteiger partial charge in [-0.1, -0.05) is 6.92 Å². The van der Waals surface area contributed by atoms with Crippen LogP contribution < -0.4 is 11.1 Å². The molecule has 0 saturated heterocycles. The number of rotatable bonds is 4. The van der Waals surface area contributed by atoms with Crippen LogP contribution in [0.1, 0.15) is 30.1 Å². The maximum Gasteiger partial charge on any atom is 0.252 e. The van der Waals surface area contributed by atoms with Crippen molar-refractivity contribution in [2.24, 2.45) is 18.7 Å². The minimum atomic E-state index is -0.963. The van der Waals surface area contributed by atoms with E-state index in [1.807, 2.05) is 39.1 Å². The summed E-state index contributed by atoms with van der Waals surface area (Å²) >= 11 is 0. The lowest BCUT2D eigenvalue weighted by Crippen LogP contribution is -2.29. The molecule has 9 heteroatoms. The first-order chi connectivity index (χ1) is 14.5. The molecule has 3 aromatic heterocycles. The van der Waals surface area contributed by atoms with Crippen LogP contribution >= 0.6 is 0 Å². The van der Waals surface area contributed by atoms with Gasteiger partial charge in [-0.25, -0.2) is 8.91 Å². The Hall–Kier alpha value is -3.67. The summed E-state index contributed by atoms with van der Waals surface area (Å²) in [6.45, 7) is 3.90. The second-order valence-electron chi connectivity index (χ2n) is 6.95. The van der Waals surface area contributed by atoms with Gasteiger partial charge in [0.25, 0.3) is 5.91 Å². The average Bonchev–Trinajstić information content (AvgIpc) is 3.45. The number of carbonyl (C=O) groups excluding carboxylic acids is 2. The molecule has 1 amide bonds. The van der Waals surface area contributed by atoms with Gasteiger partial charge < -0.3 is 15.8 Å².